The van der Waals surface area contributed by atoms with Gasteiger partial charge in [0.15, 0.2) is 0 Å². The van der Waals surface area contributed by atoms with E-state index in [4.69, 9.17) is 4.74 Å². The van der Waals surface area contributed by atoms with E-state index in [-0.39, 0.29) is 6.03 Å². The van der Waals surface area contributed by atoms with Crippen LogP contribution in [0.4, 0.5) is 4.79 Å². The van der Waals surface area contributed by atoms with Crippen LogP contribution < -0.4 is 5.32 Å². The van der Waals surface area contributed by atoms with Crippen molar-refractivity contribution in [3.63, 3.8) is 0 Å². The Hall–Kier alpha value is -1.55. The van der Waals surface area contributed by atoms with Crippen molar-refractivity contribution >= 4 is 6.03 Å². The number of benzene rings is 1. The van der Waals surface area contributed by atoms with Gasteiger partial charge < -0.3 is 15.0 Å². The van der Waals surface area contributed by atoms with Gasteiger partial charge in [-0.25, -0.2) is 4.79 Å². The van der Waals surface area contributed by atoms with Gasteiger partial charge in [0.1, 0.15) is 0 Å². The van der Waals surface area contributed by atoms with Crippen molar-refractivity contribution in [1.29, 1.82) is 0 Å². The molecule has 0 aliphatic carbocycles. The highest BCUT2D eigenvalue weighted by atomic mass is 16.5. The van der Waals surface area contributed by atoms with Gasteiger partial charge in [-0.15, -0.1) is 0 Å². The highest BCUT2D eigenvalue weighted by molar-refractivity contribution is 5.74. The number of ether oxygens (including phenoxy) is 1. The second-order valence-corrected chi connectivity index (χ2v) is 5.70. The van der Waals surface area contributed by atoms with Crippen LogP contribution in [0, 0.1) is 5.92 Å². The van der Waals surface area contributed by atoms with Crippen LogP contribution >= 0.6 is 0 Å². The molecule has 0 radical (unpaired) electrons. The Bertz CT molecular complexity index is 414. The lowest BCUT2D eigenvalue weighted by atomic mass is 9.90. The maximum absolute atomic E-state index is 12.0. The lowest BCUT2D eigenvalue weighted by Gasteiger charge is -2.32. The SMILES string of the molecule is COCCCNC(=O)N1CCC(Cc2ccccc2)CC1. The lowest BCUT2D eigenvalue weighted by molar-refractivity contribution is 0.166. The van der Waals surface area contributed by atoms with E-state index in [1.807, 2.05) is 4.90 Å². The minimum absolute atomic E-state index is 0.0734. The number of amides is 2. The van der Waals surface area contributed by atoms with Crippen molar-refractivity contribution in [3.8, 4) is 0 Å². The zero-order chi connectivity index (χ0) is 14.9. The Morgan fingerprint density at radius 2 is 2.00 bits per heavy atom. The van der Waals surface area contributed by atoms with E-state index in [9.17, 15) is 4.79 Å². The maximum atomic E-state index is 12.0. The number of rotatable bonds is 6. The van der Waals surface area contributed by atoms with Gasteiger partial charge >= 0.3 is 6.03 Å². The van der Waals surface area contributed by atoms with Gasteiger partial charge in [-0.3, -0.25) is 0 Å². The molecule has 2 rings (SSSR count). The van der Waals surface area contributed by atoms with Crippen molar-refractivity contribution in [1.82, 2.24) is 10.2 Å². The summed E-state index contributed by atoms with van der Waals surface area (Å²) in [6.45, 7) is 3.12. The summed E-state index contributed by atoms with van der Waals surface area (Å²) in [6, 6.07) is 10.7. The van der Waals surface area contributed by atoms with Crippen LogP contribution in [0.3, 0.4) is 0 Å². The summed E-state index contributed by atoms with van der Waals surface area (Å²) >= 11 is 0. The van der Waals surface area contributed by atoms with Crippen LogP contribution in [0.1, 0.15) is 24.8 Å². The third kappa shape index (κ3) is 5.38. The molecule has 2 amide bonds. The lowest BCUT2D eigenvalue weighted by Crippen LogP contribution is -2.45. The van der Waals surface area contributed by atoms with Gasteiger partial charge in [0.05, 0.1) is 0 Å². The highest BCUT2D eigenvalue weighted by Gasteiger charge is 2.22. The number of nitrogens with zero attached hydrogens (tertiary/aromatic N) is 1. The summed E-state index contributed by atoms with van der Waals surface area (Å²) < 4.78 is 4.97. The number of carbonyl (C=O) groups is 1. The molecular weight excluding hydrogens is 264 g/mol. The van der Waals surface area contributed by atoms with Crippen molar-refractivity contribution in [2.75, 3.05) is 33.4 Å². The molecule has 1 aliphatic heterocycles. The molecule has 21 heavy (non-hydrogen) atoms. The minimum Gasteiger partial charge on any atom is -0.385 e. The zero-order valence-electron chi connectivity index (χ0n) is 12.9. The zero-order valence-corrected chi connectivity index (χ0v) is 12.9. The molecular formula is C17H26N2O2. The minimum atomic E-state index is 0.0734. The number of hydrogen-bond donors (Lipinski definition) is 1. The predicted octanol–water partition coefficient (Wildman–Crippen LogP) is 2.69. The quantitative estimate of drug-likeness (QED) is 0.818. The summed E-state index contributed by atoms with van der Waals surface area (Å²) in [5.41, 5.74) is 1.40. The molecule has 1 fully saturated rings. The van der Waals surface area contributed by atoms with Gasteiger partial charge in [-0.05, 0) is 37.2 Å². The molecule has 0 atom stereocenters. The van der Waals surface area contributed by atoms with Crippen LogP contribution in [0.15, 0.2) is 30.3 Å². The van der Waals surface area contributed by atoms with Gasteiger partial charge in [-0.1, -0.05) is 30.3 Å². The topological polar surface area (TPSA) is 41.6 Å². The van der Waals surface area contributed by atoms with Crippen LogP contribution in [-0.4, -0.2) is 44.3 Å². The third-order valence-corrected chi connectivity index (χ3v) is 4.07. The number of nitrogens with one attached hydrogen (secondary N) is 1. The van der Waals surface area contributed by atoms with Crippen molar-refractivity contribution in [2.24, 2.45) is 5.92 Å². The molecule has 4 nitrogen and oxygen atoms in total. The molecule has 1 aromatic rings. The molecule has 0 saturated carbocycles. The molecule has 1 N–H and O–H groups in total. The van der Waals surface area contributed by atoms with E-state index in [0.717, 1.165) is 38.8 Å². The average molecular weight is 290 g/mol. The third-order valence-electron chi connectivity index (χ3n) is 4.07. The first-order chi connectivity index (χ1) is 10.3. The maximum Gasteiger partial charge on any atom is 0.317 e. The average Bonchev–Trinajstić information content (AvgIpc) is 2.53. The number of carbonyl (C=O) groups excluding carboxylic acids is 1. The summed E-state index contributed by atoms with van der Waals surface area (Å²) in [7, 11) is 1.68. The number of likely N-dealkylation sites (tertiary alicyclic amines) is 1. The summed E-state index contributed by atoms with van der Waals surface area (Å²) in [5, 5.41) is 2.96. The molecule has 1 aromatic carbocycles. The van der Waals surface area contributed by atoms with E-state index in [1.165, 1.54) is 5.56 Å². The molecule has 1 saturated heterocycles. The monoisotopic (exact) mass is 290 g/mol. The molecule has 0 aromatic heterocycles. The Morgan fingerprint density at radius 3 is 2.67 bits per heavy atom. The predicted molar refractivity (Wildman–Crippen MR) is 84.3 cm³/mol. The fraction of sp³-hybridized carbons (Fsp3) is 0.588. The standard InChI is InChI=1S/C17H26N2O2/c1-21-13-5-10-18-17(20)19-11-8-16(9-12-19)14-15-6-3-2-4-7-15/h2-4,6-7,16H,5,8-14H2,1H3,(H,18,20). The number of hydrogen-bond acceptors (Lipinski definition) is 2. The fourth-order valence-electron chi connectivity index (χ4n) is 2.81. The van der Waals surface area contributed by atoms with Crippen LogP contribution in [-0.2, 0) is 11.2 Å². The van der Waals surface area contributed by atoms with Crippen LogP contribution in [0.25, 0.3) is 0 Å². The van der Waals surface area contributed by atoms with Gasteiger partial charge in [-0.2, -0.15) is 0 Å². The van der Waals surface area contributed by atoms with Gasteiger partial charge in [0.2, 0.25) is 0 Å². The second kappa shape index (κ2) is 8.67. The number of methoxy groups -OCH3 is 1. The first-order valence-electron chi connectivity index (χ1n) is 7.85. The van der Waals surface area contributed by atoms with E-state index in [0.29, 0.717) is 19.1 Å². The fourth-order valence-corrected chi connectivity index (χ4v) is 2.81. The van der Waals surface area contributed by atoms with Gasteiger partial charge in [0, 0.05) is 33.4 Å². The number of piperidine rings is 1. The highest BCUT2D eigenvalue weighted by Crippen LogP contribution is 2.21. The molecule has 4 heteroatoms. The smallest absolute Gasteiger partial charge is 0.317 e. The first kappa shape index (κ1) is 15.8. The van der Waals surface area contributed by atoms with E-state index in [2.05, 4.69) is 35.6 Å². The van der Waals surface area contributed by atoms with Crippen molar-refractivity contribution in [3.05, 3.63) is 35.9 Å². The summed E-state index contributed by atoms with van der Waals surface area (Å²) in [4.78, 5) is 13.9. The summed E-state index contributed by atoms with van der Waals surface area (Å²) in [6.07, 6.45) is 4.19. The second-order valence-electron chi connectivity index (χ2n) is 5.70. The van der Waals surface area contributed by atoms with Crippen LogP contribution in [0.2, 0.25) is 0 Å². The Labute approximate surface area is 127 Å². The van der Waals surface area contributed by atoms with Crippen LogP contribution in [0.5, 0.6) is 0 Å². The Kier molecular flexibility index (Phi) is 6.54. The molecule has 0 bridgehead atoms. The molecule has 1 aliphatic rings. The molecule has 0 spiro atoms. The molecule has 1 heterocycles. The Balaban J connectivity index is 1.67. The molecule has 116 valence electrons. The Morgan fingerprint density at radius 1 is 1.29 bits per heavy atom. The van der Waals surface area contributed by atoms with E-state index < -0.39 is 0 Å². The van der Waals surface area contributed by atoms with Crippen molar-refractivity contribution in [2.45, 2.75) is 25.7 Å². The van der Waals surface area contributed by atoms with E-state index >= 15 is 0 Å². The largest absolute Gasteiger partial charge is 0.385 e. The molecule has 0 unspecified atom stereocenters. The first-order valence-corrected chi connectivity index (χ1v) is 7.85. The van der Waals surface area contributed by atoms with Gasteiger partial charge in [0.25, 0.3) is 0 Å². The van der Waals surface area contributed by atoms with E-state index in [1.54, 1.807) is 7.11 Å². The van der Waals surface area contributed by atoms with Crippen molar-refractivity contribution < 1.29 is 9.53 Å². The summed E-state index contributed by atoms with van der Waals surface area (Å²) in [5.74, 6) is 0.699. The number of urea groups is 1. The normalized spacial score (nSPS) is 16.0.